The zero-order valence-corrected chi connectivity index (χ0v) is 15.4. The molecule has 3 rings (SSSR count). The molecule has 1 aliphatic heterocycles. The van der Waals surface area contributed by atoms with Gasteiger partial charge in [-0.15, -0.1) is 11.3 Å². The molecular weight excluding hydrogens is 356 g/mol. The molecule has 0 saturated heterocycles. The predicted octanol–water partition coefficient (Wildman–Crippen LogP) is 2.65. The van der Waals surface area contributed by atoms with Gasteiger partial charge >= 0.3 is 5.97 Å². The summed E-state index contributed by atoms with van der Waals surface area (Å²) in [4.78, 5) is 29.4. The highest BCUT2D eigenvalue weighted by Crippen LogP contribution is 2.36. The molecule has 1 aliphatic rings. The van der Waals surface area contributed by atoms with Crippen molar-refractivity contribution in [1.29, 1.82) is 0 Å². The summed E-state index contributed by atoms with van der Waals surface area (Å²) < 4.78 is 10.7. The second-order valence-electron chi connectivity index (χ2n) is 6.45. The number of fused-ring (bicyclic) bond motifs is 1. The lowest BCUT2D eigenvalue weighted by Gasteiger charge is -2.22. The normalized spacial score (nSPS) is 12.4. The van der Waals surface area contributed by atoms with E-state index in [9.17, 15) is 9.59 Å². The molecule has 0 unspecified atom stereocenters. The van der Waals surface area contributed by atoms with Crippen LogP contribution in [-0.4, -0.2) is 46.7 Å². The Morgan fingerprint density at radius 2 is 2.08 bits per heavy atom. The Hall–Kier alpha value is -2.61. The second-order valence-corrected chi connectivity index (χ2v) is 7.31. The van der Waals surface area contributed by atoms with E-state index in [2.05, 4.69) is 4.98 Å². The van der Waals surface area contributed by atoms with E-state index in [1.54, 1.807) is 0 Å². The fourth-order valence-electron chi connectivity index (χ4n) is 2.68. The van der Waals surface area contributed by atoms with Gasteiger partial charge < -0.3 is 19.5 Å². The molecule has 1 N–H and O–H groups in total. The number of carboxylic acids is 1. The van der Waals surface area contributed by atoms with E-state index < -0.39 is 5.97 Å². The van der Waals surface area contributed by atoms with Crippen LogP contribution in [-0.2, 0) is 16.0 Å². The number of nitrogens with zero attached hydrogens (tertiary/aromatic N) is 2. The van der Waals surface area contributed by atoms with Gasteiger partial charge in [-0.25, -0.2) is 4.98 Å². The van der Waals surface area contributed by atoms with Crippen LogP contribution < -0.4 is 9.47 Å². The summed E-state index contributed by atoms with van der Waals surface area (Å²) in [5.41, 5.74) is 1.52. The van der Waals surface area contributed by atoms with Crippen molar-refractivity contribution in [3.63, 3.8) is 0 Å². The van der Waals surface area contributed by atoms with Crippen LogP contribution in [0.1, 0.15) is 19.5 Å². The van der Waals surface area contributed by atoms with E-state index in [1.807, 2.05) is 37.4 Å². The molecule has 0 atom stereocenters. The number of ether oxygens (including phenoxy) is 2. The zero-order chi connectivity index (χ0) is 18.7. The fraction of sp³-hybridized carbons (Fsp3) is 0.389. The maximum absolute atomic E-state index is 12.5. The largest absolute Gasteiger partial charge is 0.480 e. The summed E-state index contributed by atoms with van der Waals surface area (Å²) in [7, 11) is 0. The van der Waals surface area contributed by atoms with Crippen LogP contribution in [0.2, 0.25) is 0 Å². The van der Waals surface area contributed by atoms with Gasteiger partial charge in [-0.2, -0.15) is 0 Å². The number of aliphatic carboxylic acids is 1. The number of thiazole rings is 1. The smallest absolute Gasteiger partial charge is 0.323 e. The van der Waals surface area contributed by atoms with Crippen LogP contribution in [0.3, 0.4) is 0 Å². The van der Waals surface area contributed by atoms with Crippen LogP contribution >= 0.6 is 11.3 Å². The molecule has 0 fully saturated rings. The topological polar surface area (TPSA) is 89.0 Å². The van der Waals surface area contributed by atoms with Gasteiger partial charge in [0.15, 0.2) is 11.5 Å². The summed E-state index contributed by atoms with van der Waals surface area (Å²) in [5, 5.41) is 11.6. The van der Waals surface area contributed by atoms with Crippen LogP contribution in [0.25, 0.3) is 10.6 Å². The molecule has 0 saturated carbocycles. The average molecular weight is 376 g/mol. The Balaban J connectivity index is 1.71. The first-order valence-corrected chi connectivity index (χ1v) is 9.14. The van der Waals surface area contributed by atoms with Crippen molar-refractivity contribution in [1.82, 2.24) is 9.88 Å². The Bertz CT molecular complexity index is 818. The molecule has 26 heavy (non-hydrogen) atoms. The Kier molecular flexibility index (Phi) is 5.41. The lowest BCUT2D eigenvalue weighted by molar-refractivity contribution is -0.144. The number of carbonyl (C=O) groups is 2. The van der Waals surface area contributed by atoms with E-state index >= 15 is 0 Å². The number of rotatable bonds is 7. The van der Waals surface area contributed by atoms with E-state index in [1.165, 1.54) is 16.2 Å². The Morgan fingerprint density at radius 1 is 1.31 bits per heavy atom. The predicted molar refractivity (Wildman–Crippen MR) is 96.4 cm³/mol. The lowest BCUT2D eigenvalue weighted by Crippen LogP contribution is -2.39. The van der Waals surface area contributed by atoms with Gasteiger partial charge in [-0.3, -0.25) is 9.59 Å². The van der Waals surface area contributed by atoms with Crippen LogP contribution in [0, 0.1) is 5.92 Å². The maximum atomic E-state index is 12.5. The molecule has 138 valence electrons. The summed E-state index contributed by atoms with van der Waals surface area (Å²) in [6, 6.07) is 5.59. The monoisotopic (exact) mass is 376 g/mol. The molecular formula is C18H20N2O5S. The number of aromatic nitrogens is 1. The van der Waals surface area contributed by atoms with Gasteiger partial charge in [-0.1, -0.05) is 13.8 Å². The number of hydrogen-bond acceptors (Lipinski definition) is 6. The highest BCUT2D eigenvalue weighted by molar-refractivity contribution is 7.13. The van der Waals surface area contributed by atoms with Gasteiger partial charge in [0.2, 0.25) is 12.7 Å². The third kappa shape index (κ3) is 4.32. The SMILES string of the molecule is CC(C)CN(CC(=O)O)C(=O)Cc1csc(-c2ccc3c(c2)OCO3)n1. The lowest BCUT2D eigenvalue weighted by atomic mass is 10.2. The second kappa shape index (κ2) is 7.74. The fourth-order valence-corrected chi connectivity index (χ4v) is 3.49. The highest BCUT2D eigenvalue weighted by Gasteiger charge is 2.20. The summed E-state index contributed by atoms with van der Waals surface area (Å²) in [5.74, 6) is 0.332. The van der Waals surface area contributed by atoms with Crippen molar-refractivity contribution >= 4 is 23.2 Å². The minimum atomic E-state index is -1.02. The molecule has 0 spiro atoms. The summed E-state index contributed by atoms with van der Waals surface area (Å²) in [6.07, 6.45) is 0.0844. The van der Waals surface area contributed by atoms with Crippen molar-refractivity contribution in [2.75, 3.05) is 19.9 Å². The van der Waals surface area contributed by atoms with Crippen molar-refractivity contribution < 1.29 is 24.2 Å². The van der Waals surface area contributed by atoms with Crippen molar-refractivity contribution in [3.05, 3.63) is 29.3 Å². The van der Waals surface area contributed by atoms with Crippen LogP contribution in [0.4, 0.5) is 0 Å². The number of carboxylic acid groups (broad SMARTS) is 1. The minimum absolute atomic E-state index is 0.0844. The average Bonchev–Trinajstić information content (AvgIpc) is 3.21. The van der Waals surface area contributed by atoms with Crippen molar-refractivity contribution in [2.45, 2.75) is 20.3 Å². The minimum Gasteiger partial charge on any atom is -0.480 e. The molecule has 0 aliphatic carbocycles. The molecule has 0 bridgehead atoms. The van der Waals surface area contributed by atoms with Gasteiger partial charge in [0, 0.05) is 17.5 Å². The van der Waals surface area contributed by atoms with Gasteiger partial charge in [0.05, 0.1) is 12.1 Å². The zero-order valence-electron chi connectivity index (χ0n) is 14.6. The third-order valence-electron chi connectivity index (χ3n) is 3.77. The number of carbonyl (C=O) groups excluding carboxylic acids is 1. The van der Waals surface area contributed by atoms with E-state index in [-0.39, 0.29) is 31.6 Å². The number of benzene rings is 1. The Morgan fingerprint density at radius 3 is 2.81 bits per heavy atom. The highest BCUT2D eigenvalue weighted by atomic mass is 32.1. The molecule has 1 aromatic carbocycles. The standard InChI is InChI=1S/C18H20N2O5S/c1-11(2)7-20(8-17(22)23)16(21)6-13-9-26-18(19-13)12-3-4-14-15(5-12)25-10-24-14/h3-5,9,11H,6-8,10H2,1-2H3,(H,22,23). The Labute approximate surface area is 155 Å². The number of amides is 1. The quantitative estimate of drug-likeness (QED) is 0.799. The summed E-state index contributed by atoms with van der Waals surface area (Å²) in [6.45, 7) is 4.22. The van der Waals surface area contributed by atoms with Crippen LogP contribution in [0.15, 0.2) is 23.6 Å². The van der Waals surface area contributed by atoms with Crippen molar-refractivity contribution in [3.8, 4) is 22.1 Å². The van der Waals surface area contributed by atoms with E-state index in [0.717, 1.165) is 10.6 Å². The molecule has 8 heteroatoms. The van der Waals surface area contributed by atoms with E-state index in [4.69, 9.17) is 14.6 Å². The molecule has 7 nitrogen and oxygen atoms in total. The molecule has 1 amide bonds. The molecule has 2 heterocycles. The first-order chi connectivity index (χ1) is 12.4. The maximum Gasteiger partial charge on any atom is 0.323 e. The van der Waals surface area contributed by atoms with Crippen LogP contribution in [0.5, 0.6) is 11.5 Å². The first-order valence-electron chi connectivity index (χ1n) is 8.26. The summed E-state index contributed by atoms with van der Waals surface area (Å²) >= 11 is 1.44. The molecule has 1 aromatic heterocycles. The van der Waals surface area contributed by atoms with Crippen molar-refractivity contribution in [2.24, 2.45) is 5.92 Å². The third-order valence-corrected chi connectivity index (χ3v) is 4.71. The van der Waals surface area contributed by atoms with Gasteiger partial charge in [0.25, 0.3) is 0 Å². The van der Waals surface area contributed by atoms with Gasteiger partial charge in [-0.05, 0) is 24.1 Å². The van der Waals surface area contributed by atoms with E-state index in [0.29, 0.717) is 23.7 Å². The number of hydrogen-bond donors (Lipinski definition) is 1. The molecule has 2 aromatic rings. The first kappa shape index (κ1) is 18.2. The van der Waals surface area contributed by atoms with Gasteiger partial charge in [0.1, 0.15) is 11.6 Å². The molecule has 0 radical (unpaired) electrons.